The van der Waals surface area contributed by atoms with Gasteiger partial charge in [-0.3, -0.25) is 47.9 Å². The molecule has 39 heteroatoms. The molecule has 89 heavy (non-hydrogen) atoms. The molecule has 0 amide bonds. The van der Waals surface area contributed by atoms with Crippen molar-refractivity contribution in [3.05, 3.63) is 0 Å². The number of hydrogen-bond acceptors (Lipinski definition) is 29. The number of hydrogen-bond donors (Lipinski definition) is 29. The number of nitrogens with one attached hydrogen (secondary N) is 10. The number of rotatable bonds is 48. The maximum atomic E-state index is 9.87. The zero-order valence-corrected chi connectivity index (χ0v) is 51.9. The Morgan fingerprint density at radius 2 is 0.337 bits per heavy atom. The molecule has 38 N–H and O–H groups in total. The molecule has 532 valence electrons. The lowest BCUT2D eigenvalue weighted by Gasteiger charge is -1.96. The van der Waals surface area contributed by atoms with Gasteiger partial charge in [0.25, 0.3) is 0 Å². The summed E-state index contributed by atoms with van der Waals surface area (Å²) in [5.74, 6) is -8.21. The number of aliphatic carboxylic acids is 10. The summed E-state index contributed by atoms with van der Waals surface area (Å²) >= 11 is 0. The summed E-state index contributed by atoms with van der Waals surface area (Å²) in [6.07, 6.45) is 9.73. The second-order valence-electron chi connectivity index (χ2n) is 17.5. The standard InChI is InChI=1S/9C5H12N2O2.C5H9NO2/c9*6-2-1-3-7-4-5(8)9;7-5(8)3-6-4-1-2-4/h9*7H,1-4,6H2,(H,8,9);4,6H,1-3H2,(H,7,8). The monoisotopic (exact) mass is 1300 g/mol. The molecule has 0 atom stereocenters. The fourth-order valence-corrected chi connectivity index (χ4v) is 4.32. The van der Waals surface area contributed by atoms with Crippen molar-refractivity contribution in [2.24, 2.45) is 51.6 Å². The van der Waals surface area contributed by atoms with Crippen LogP contribution in [0, 0.1) is 0 Å². The van der Waals surface area contributed by atoms with Gasteiger partial charge in [-0.1, -0.05) is 0 Å². The minimum absolute atomic E-state index is 0.0278. The van der Waals surface area contributed by atoms with Crippen LogP contribution in [0.4, 0.5) is 0 Å². The fraction of sp³-hybridized carbons (Fsp3) is 0.800. The first-order valence-corrected chi connectivity index (χ1v) is 28.8. The first-order chi connectivity index (χ1) is 42.2. The van der Waals surface area contributed by atoms with Crippen LogP contribution >= 0.6 is 0 Å². The molecule has 1 saturated carbocycles. The van der Waals surface area contributed by atoms with E-state index in [1.807, 2.05) is 0 Å². The molecule has 0 aliphatic heterocycles. The summed E-state index contributed by atoms with van der Waals surface area (Å²) in [7, 11) is 0. The van der Waals surface area contributed by atoms with Crippen LogP contribution < -0.4 is 105 Å². The minimum atomic E-state index is -0.827. The highest BCUT2D eigenvalue weighted by Crippen LogP contribution is 2.17. The van der Waals surface area contributed by atoms with Gasteiger partial charge < -0.3 is 156 Å². The van der Waals surface area contributed by atoms with Crippen molar-refractivity contribution >= 4 is 59.7 Å². The third kappa shape index (κ3) is 167. The quantitative estimate of drug-likeness (QED) is 0.0252. The maximum absolute atomic E-state index is 9.87. The van der Waals surface area contributed by atoms with E-state index in [9.17, 15) is 47.9 Å². The summed E-state index contributed by atoms with van der Waals surface area (Å²) in [5.41, 5.74) is 46.4. The first kappa shape index (κ1) is 102. The number of carboxylic acid groups (broad SMARTS) is 10. The van der Waals surface area contributed by atoms with Crippen LogP contribution in [0.1, 0.15) is 70.6 Å². The average Bonchev–Trinajstić information content (AvgIpc) is 4.31. The van der Waals surface area contributed by atoms with Crippen molar-refractivity contribution < 1.29 is 99.0 Å². The Morgan fingerprint density at radius 3 is 0.416 bits per heavy atom. The average molecular weight is 1300 g/mol. The van der Waals surface area contributed by atoms with Crippen molar-refractivity contribution in [3.63, 3.8) is 0 Å². The van der Waals surface area contributed by atoms with Gasteiger partial charge in [0.1, 0.15) is 0 Å². The molecule has 0 bridgehead atoms. The van der Waals surface area contributed by atoms with Crippen LogP contribution in [0.3, 0.4) is 0 Å². The second kappa shape index (κ2) is 93.1. The minimum Gasteiger partial charge on any atom is -0.480 e. The Balaban J connectivity index is -0.000000114. The lowest BCUT2D eigenvalue weighted by atomic mass is 10.4. The number of carboxylic acids is 10. The summed E-state index contributed by atoms with van der Waals surface area (Å²) in [5, 5.41) is 108. The molecule has 0 unspecified atom stereocenters. The summed E-state index contributed by atoms with van der Waals surface area (Å²) in [4.78, 5) is 98.7. The van der Waals surface area contributed by atoms with Crippen molar-refractivity contribution in [3.8, 4) is 0 Å². The SMILES string of the molecule is NCCCNCC(=O)O.NCCCNCC(=O)O.NCCCNCC(=O)O.NCCCNCC(=O)O.NCCCNCC(=O)O.NCCCNCC(=O)O.NCCCNCC(=O)O.NCCCNCC(=O)O.NCCCNCC(=O)O.O=C(O)CNC1CC1. The van der Waals surface area contributed by atoms with E-state index in [2.05, 4.69) is 53.2 Å². The molecule has 1 fully saturated rings. The molecule has 39 nitrogen and oxygen atoms in total. The molecule has 0 heterocycles. The first-order valence-electron chi connectivity index (χ1n) is 28.8. The summed E-state index contributed by atoms with van der Waals surface area (Å²) in [6, 6.07) is 0.506. The topological polar surface area (TPSA) is 727 Å². The van der Waals surface area contributed by atoms with Crippen LogP contribution in [0.5, 0.6) is 0 Å². The Hall–Kier alpha value is -6.06. The fourth-order valence-electron chi connectivity index (χ4n) is 4.32. The molecule has 0 aromatic carbocycles. The molecule has 0 saturated heterocycles. The van der Waals surface area contributed by atoms with E-state index in [4.69, 9.17) is 103 Å². The van der Waals surface area contributed by atoms with Crippen molar-refractivity contribution in [1.82, 2.24) is 53.2 Å². The predicted molar refractivity (Wildman–Crippen MR) is 336 cm³/mol. The van der Waals surface area contributed by atoms with E-state index < -0.39 is 59.7 Å². The Kier molecular flexibility index (Phi) is 107. The lowest BCUT2D eigenvalue weighted by Crippen LogP contribution is -2.24. The molecule has 0 radical (unpaired) electrons. The van der Waals surface area contributed by atoms with E-state index in [-0.39, 0.29) is 65.4 Å². The van der Waals surface area contributed by atoms with Gasteiger partial charge in [-0.15, -0.1) is 0 Å². The van der Waals surface area contributed by atoms with E-state index in [1.54, 1.807) is 0 Å². The van der Waals surface area contributed by atoms with Gasteiger partial charge in [0.15, 0.2) is 0 Å². The Labute approximate surface area is 522 Å². The summed E-state index contributed by atoms with van der Waals surface area (Å²) in [6.45, 7) is 11.9. The molecule has 0 aromatic rings. The van der Waals surface area contributed by atoms with Gasteiger partial charge >= 0.3 is 59.7 Å². The molecule has 1 rings (SSSR count). The largest absolute Gasteiger partial charge is 0.480 e. The third-order valence-electron chi connectivity index (χ3n) is 8.62. The van der Waals surface area contributed by atoms with Crippen molar-refractivity contribution in [2.45, 2.75) is 76.7 Å². The van der Waals surface area contributed by atoms with Crippen molar-refractivity contribution in [2.75, 3.05) is 183 Å². The Morgan fingerprint density at radius 1 is 0.225 bits per heavy atom. The van der Waals surface area contributed by atoms with Gasteiger partial charge in [-0.25, -0.2) is 0 Å². The van der Waals surface area contributed by atoms with Gasteiger partial charge in [0.2, 0.25) is 0 Å². The molecule has 0 aromatic heterocycles. The van der Waals surface area contributed by atoms with E-state index in [1.165, 1.54) is 0 Å². The highest BCUT2D eigenvalue weighted by Gasteiger charge is 2.20. The van der Waals surface area contributed by atoms with E-state index >= 15 is 0 Å². The smallest absolute Gasteiger partial charge is 0.317 e. The van der Waals surface area contributed by atoms with E-state index in [0.717, 1.165) is 70.6 Å². The molecular weight excluding hydrogens is 1190 g/mol. The van der Waals surface area contributed by atoms with Gasteiger partial charge in [0.05, 0.1) is 65.4 Å². The second-order valence-corrected chi connectivity index (χ2v) is 17.5. The van der Waals surface area contributed by atoms with Crippen LogP contribution in [0.2, 0.25) is 0 Å². The normalized spacial score (nSPS) is 10.3. The lowest BCUT2D eigenvalue weighted by molar-refractivity contribution is -0.137. The van der Waals surface area contributed by atoms with Crippen LogP contribution in [0.15, 0.2) is 0 Å². The molecule has 1 aliphatic carbocycles. The third-order valence-corrected chi connectivity index (χ3v) is 8.62. The van der Waals surface area contributed by atoms with Crippen LogP contribution in [0.25, 0.3) is 0 Å². The molecule has 1 aliphatic rings. The van der Waals surface area contributed by atoms with Crippen LogP contribution in [-0.2, 0) is 47.9 Å². The molecular formula is C50H117N19O20. The van der Waals surface area contributed by atoms with Crippen LogP contribution in [-0.4, -0.2) is 300 Å². The predicted octanol–water partition coefficient (Wildman–Crippen LogP) is -9.09. The van der Waals surface area contributed by atoms with Gasteiger partial charge in [-0.05, 0) is 188 Å². The van der Waals surface area contributed by atoms with Gasteiger partial charge in [-0.2, -0.15) is 0 Å². The maximum Gasteiger partial charge on any atom is 0.317 e. The van der Waals surface area contributed by atoms with E-state index in [0.29, 0.717) is 124 Å². The van der Waals surface area contributed by atoms with Gasteiger partial charge in [0, 0.05) is 6.04 Å². The zero-order chi connectivity index (χ0) is 70.0. The molecule has 0 spiro atoms. The number of carbonyl (C=O) groups is 10. The zero-order valence-electron chi connectivity index (χ0n) is 51.9. The Bertz CT molecular complexity index is 1290. The highest BCUT2D eigenvalue weighted by atomic mass is 16.4. The van der Waals surface area contributed by atoms with Crippen molar-refractivity contribution in [1.29, 1.82) is 0 Å². The highest BCUT2D eigenvalue weighted by molar-refractivity contribution is 5.71. The number of nitrogens with two attached hydrogens (primary N) is 9. The summed E-state index contributed by atoms with van der Waals surface area (Å²) < 4.78 is 0.